The van der Waals surface area contributed by atoms with Crippen LogP contribution in [0.5, 0.6) is 0 Å². The first-order valence-corrected chi connectivity index (χ1v) is 4.51. The quantitative estimate of drug-likeness (QED) is 0.697. The van der Waals surface area contributed by atoms with Crippen LogP contribution in [-0.4, -0.2) is 16.2 Å². The van der Waals surface area contributed by atoms with E-state index in [2.05, 4.69) is 11.6 Å². The summed E-state index contributed by atoms with van der Waals surface area (Å²) in [6, 6.07) is 3.93. The average Bonchev–Trinajstić information content (AvgIpc) is 2.17. The average molecular weight is 177 g/mol. The molecule has 0 radical (unpaired) electrons. The van der Waals surface area contributed by atoms with Gasteiger partial charge in [-0.3, -0.25) is 4.98 Å². The molecule has 1 rings (SSSR count). The van der Waals surface area contributed by atoms with Crippen molar-refractivity contribution >= 4 is 0 Å². The topological polar surface area (TPSA) is 33.1 Å². The first-order chi connectivity index (χ1) is 6.33. The van der Waals surface area contributed by atoms with E-state index in [1.54, 1.807) is 12.3 Å². The second-order valence-corrected chi connectivity index (χ2v) is 3.08. The molecular weight excluding hydrogens is 162 g/mol. The molecule has 1 atom stereocenters. The molecule has 0 spiro atoms. The van der Waals surface area contributed by atoms with Gasteiger partial charge in [-0.25, -0.2) is 0 Å². The van der Waals surface area contributed by atoms with Gasteiger partial charge in [0.2, 0.25) is 0 Å². The van der Waals surface area contributed by atoms with E-state index in [-0.39, 0.29) is 6.10 Å². The Labute approximate surface area is 78.9 Å². The number of pyridine rings is 1. The van der Waals surface area contributed by atoms with Gasteiger partial charge in [-0.05, 0) is 30.9 Å². The Kier molecular flexibility index (Phi) is 4.19. The summed E-state index contributed by atoms with van der Waals surface area (Å²) in [4.78, 5) is 4.01. The number of aliphatic hydroxyl groups excluding tert-OH is 1. The van der Waals surface area contributed by atoms with Gasteiger partial charge in [0.05, 0.1) is 6.10 Å². The molecule has 13 heavy (non-hydrogen) atoms. The van der Waals surface area contributed by atoms with Crippen LogP contribution in [0.4, 0.5) is 0 Å². The summed E-state index contributed by atoms with van der Waals surface area (Å²) in [6.07, 6.45) is 7.39. The standard InChI is InChI=1S/C11H15NO/c1-2-4-11(13)7-6-10-5-3-8-12-9-10/h2-3,5,8-9,11,13H,1,4,6-7H2. The van der Waals surface area contributed by atoms with Gasteiger partial charge in [0, 0.05) is 12.4 Å². The maximum Gasteiger partial charge on any atom is 0.0577 e. The minimum atomic E-state index is -0.266. The predicted octanol–water partition coefficient (Wildman–Crippen LogP) is 1.95. The Morgan fingerprint density at radius 1 is 1.62 bits per heavy atom. The third-order valence-corrected chi connectivity index (χ3v) is 1.93. The second-order valence-electron chi connectivity index (χ2n) is 3.08. The lowest BCUT2D eigenvalue weighted by atomic mass is 10.1. The summed E-state index contributed by atoms with van der Waals surface area (Å²) < 4.78 is 0. The van der Waals surface area contributed by atoms with Crippen molar-refractivity contribution < 1.29 is 5.11 Å². The molecule has 1 aromatic rings. The number of nitrogens with zero attached hydrogens (tertiary/aromatic N) is 1. The molecular formula is C11H15NO. The zero-order chi connectivity index (χ0) is 9.52. The molecule has 0 aromatic carbocycles. The molecule has 1 aromatic heterocycles. The molecule has 0 aliphatic carbocycles. The smallest absolute Gasteiger partial charge is 0.0577 e. The highest BCUT2D eigenvalue weighted by Crippen LogP contribution is 2.05. The monoisotopic (exact) mass is 177 g/mol. The van der Waals surface area contributed by atoms with Gasteiger partial charge >= 0.3 is 0 Å². The molecule has 1 unspecified atom stereocenters. The summed E-state index contributed by atoms with van der Waals surface area (Å²) in [5.41, 5.74) is 1.17. The van der Waals surface area contributed by atoms with Crippen molar-refractivity contribution in [1.29, 1.82) is 0 Å². The lowest BCUT2D eigenvalue weighted by Gasteiger charge is -2.06. The normalized spacial score (nSPS) is 12.4. The minimum Gasteiger partial charge on any atom is -0.393 e. The van der Waals surface area contributed by atoms with Crippen molar-refractivity contribution in [1.82, 2.24) is 4.98 Å². The van der Waals surface area contributed by atoms with Crippen LogP contribution in [0, 0.1) is 0 Å². The zero-order valence-corrected chi connectivity index (χ0v) is 7.69. The van der Waals surface area contributed by atoms with Gasteiger partial charge in [-0.1, -0.05) is 12.1 Å². The molecule has 70 valence electrons. The van der Waals surface area contributed by atoms with E-state index in [1.807, 2.05) is 18.3 Å². The molecule has 0 aliphatic heterocycles. The number of hydrogen-bond donors (Lipinski definition) is 1. The second kappa shape index (κ2) is 5.49. The van der Waals surface area contributed by atoms with Gasteiger partial charge in [0.1, 0.15) is 0 Å². The van der Waals surface area contributed by atoms with Gasteiger partial charge in [-0.2, -0.15) is 0 Å². The zero-order valence-electron chi connectivity index (χ0n) is 7.69. The van der Waals surface area contributed by atoms with Crippen LogP contribution >= 0.6 is 0 Å². The van der Waals surface area contributed by atoms with Gasteiger partial charge in [0.15, 0.2) is 0 Å². The van der Waals surface area contributed by atoms with Crippen molar-refractivity contribution in [2.45, 2.75) is 25.4 Å². The summed E-state index contributed by atoms with van der Waals surface area (Å²) in [5, 5.41) is 9.42. The molecule has 0 amide bonds. The lowest BCUT2D eigenvalue weighted by molar-refractivity contribution is 0.168. The third kappa shape index (κ3) is 3.85. The van der Waals surface area contributed by atoms with Crippen molar-refractivity contribution in [3.63, 3.8) is 0 Å². The van der Waals surface area contributed by atoms with E-state index in [9.17, 15) is 5.11 Å². The summed E-state index contributed by atoms with van der Waals surface area (Å²) in [6.45, 7) is 3.58. The fourth-order valence-corrected chi connectivity index (χ4v) is 1.19. The van der Waals surface area contributed by atoms with Crippen LogP contribution in [-0.2, 0) is 6.42 Å². The van der Waals surface area contributed by atoms with Gasteiger partial charge < -0.3 is 5.11 Å². The maximum absolute atomic E-state index is 9.42. The Morgan fingerprint density at radius 2 is 2.46 bits per heavy atom. The van der Waals surface area contributed by atoms with E-state index >= 15 is 0 Å². The van der Waals surface area contributed by atoms with E-state index in [0.717, 1.165) is 12.8 Å². The summed E-state index contributed by atoms with van der Waals surface area (Å²) in [5.74, 6) is 0. The predicted molar refractivity (Wildman–Crippen MR) is 53.4 cm³/mol. The number of aliphatic hydroxyl groups is 1. The fourth-order valence-electron chi connectivity index (χ4n) is 1.19. The van der Waals surface area contributed by atoms with Crippen LogP contribution in [0.2, 0.25) is 0 Å². The van der Waals surface area contributed by atoms with Gasteiger partial charge in [-0.15, -0.1) is 6.58 Å². The van der Waals surface area contributed by atoms with Crippen LogP contribution < -0.4 is 0 Å². The molecule has 2 heteroatoms. The molecule has 2 nitrogen and oxygen atoms in total. The SMILES string of the molecule is C=CCC(O)CCc1cccnc1. The van der Waals surface area contributed by atoms with Crippen molar-refractivity contribution in [3.05, 3.63) is 42.7 Å². The van der Waals surface area contributed by atoms with E-state index in [1.165, 1.54) is 5.56 Å². The largest absolute Gasteiger partial charge is 0.393 e. The maximum atomic E-state index is 9.42. The van der Waals surface area contributed by atoms with E-state index in [0.29, 0.717) is 6.42 Å². The number of hydrogen-bond acceptors (Lipinski definition) is 2. The highest BCUT2D eigenvalue weighted by Gasteiger charge is 2.01. The molecule has 0 fully saturated rings. The van der Waals surface area contributed by atoms with E-state index in [4.69, 9.17) is 0 Å². The molecule has 1 heterocycles. The molecule has 0 aliphatic rings. The number of rotatable bonds is 5. The molecule has 0 bridgehead atoms. The molecule has 1 N–H and O–H groups in total. The van der Waals surface area contributed by atoms with Crippen LogP contribution in [0.3, 0.4) is 0 Å². The Hall–Kier alpha value is -1.15. The molecule has 0 saturated carbocycles. The first kappa shape index (κ1) is 9.93. The molecule has 0 saturated heterocycles. The third-order valence-electron chi connectivity index (χ3n) is 1.93. The Morgan fingerprint density at radius 3 is 3.08 bits per heavy atom. The van der Waals surface area contributed by atoms with E-state index < -0.39 is 0 Å². The Bertz CT molecular complexity index is 246. The van der Waals surface area contributed by atoms with Gasteiger partial charge in [0.25, 0.3) is 0 Å². The van der Waals surface area contributed by atoms with Crippen molar-refractivity contribution in [2.75, 3.05) is 0 Å². The number of aromatic nitrogens is 1. The lowest BCUT2D eigenvalue weighted by Crippen LogP contribution is -2.06. The summed E-state index contributed by atoms with van der Waals surface area (Å²) in [7, 11) is 0. The highest BCUT2D eigenvalue weighted by molar-refractivity contribution is 5.08. The summed E-state index contributed by atoms with van der Waals surface area (Å²) >= 11 is 0. The fraction of sp³-hybridized carbons (Fsp3) is 0.364. The van der Waals surface area contributed by atoms with Crippen molar-refractivity contribution in [3.8, 4) is 0 Å². The Balaban J connectivity index is 2.30. The van der Waals surface area contributed by atoms with Crippen LogP contribution in [0.1, 0.15) is 18.4 Å². The minimum absolute atomic E-state index is 0.266. The highest BCUT2D eigenvalue weighted by atomic mass is 16.3. The first-order valence-electron chi connectivity index (χ1n) is 4.51. The van der Waals surface area contributed by atoms with Crippen LogP contribution in [0.25, 0.3) is 0 Å². The van der Waals surface area contributed by atoms with Crippen molar-refractivity contribution in [2.24, 2.45) is 0 Å². The van der Waals surface area contributed by atoms with Crippen LogP contribution in [0.15, 0.2) is 37.2 Å². The number of aryl methyl sites for hydroxylation is 1.